The second kappa shape index (κ2) is 6.77. The van der Waals surface area contributed by atoms with E-state index in [1.807, 2.05) is 60.6 Å². The SMILES string of the molecule is CN(C)c1ccc(C(=O)N2CCC(Cc3ccncc3)C2)cn1. The lowest BCUT2D eigenvalue weighted by molar-refractivity contribution is 0.0786. The summed E-state index contributed by atoms with van der Waals surface area (Å²) < 4.78 is 0. The van der Waals surface area contributed by atoms with Crippen LogP contribution in [0.1, 0.15) is 22.3 Å². The van der Waals surface area contributed by atoms with E-state index >= 15 is 0 Å². The van der Waals surface area contributed by atoms with Crippen molar-refractivity contribution >= 4 is 11.7 Å². The van der Waals surface area contributed by atoms with Gasteiger partial charge in [0.2, 0.25) is 0 Å². The quantitative estimate of drug-likeness (QED) is 0.869. The fraction of sp³-hybridized carbons (Fsp3) is 0.389. The van der Waals surface area contributed by atoms with Crippen LogP contribution in [0.3, 0.4) is 0 Å². The fourth-order valence-electron chi connectivity index (χ4n) is 3.00. The van der Waals surface area contributed by atoms with Gasteiger partial charge in [-0.3, -0.25) is 9.78 Å². The normalized spacial score (nSPS) is 17.3. The minimum atomic E-state index is 0.0834. The topological polar surface area (TPSA) is 49.3 Å². The van der Waals surface area contributed by atoms with Gasteiger partial charge < -0.3 is 9.80 Å². The third-order valence-corrected chi connectivity index (χ3v) is 4.30. The van der Waals surface area contributed by atoms with Gasteiger partial charge in [-0.05, 0) is 48.6 Å². The molecular weight excluding hydrogens is 288 g/mol. The highest BCUT2D eigenvalue weighted by Crippen LogP contribution is 2.22. The van der Waals surface area contributed by atoms with Gasteiger partial charge in [0, 0.05) is 45.8 Å². The number of likely N-dealkylation sites (tertiary alicyclic amines) is 1. The maximum absolute atomic E-state index is 12.6. The van der Waals surface area contributed by atoms with Crippen LogP contribution in [0.5, 0.6) is 0 Å². The van der Waals surface area contributed by atoms with Crippen LogP contribution in [-0.2, 0) is 6.42 Å². The molecule has 1 aliphatic heterocycles. The van der Waals surface area contributed by atoms with Crippen molar-refractivity contribution in [3.8, 4) is 0 Å². The number of nitrogens with zero attached hydrogens (tertiary/aromatic N) is 4. The van der Waals surface area contributed by atoms with Gasteiger partial charge in [-0.2, -0.15) is 0 Å². The highest BCUT2D eigenvalue weighted by atomic mass is 16.2. The van der Waals surface area contributed by atoms with E-state index in [1.165, 1.54) is 5.56 Å². The van der Waals surface area contributed by atoms with E-state index in [4.69, 9.17) is 0 Å². The van der Waals surface area contributed by atoms with E-state index in [1.54, 1.807) is 6.20 Å². The summed E-state index contributed by atoms with van der Waals surface area (Å²) in [6, 6.07) is 7.85. The van der Waals surface area contributed by atoms with Crippen molar-refractivity contribution in [1.82, 2.24) is 14.9 Å². The first-order valence-corrected chi connectivity index (χ1v) is 7.95. The van der Waals surface area contributed by atoms with Gasteiger partial charge in [-0.15, -0.1) is 0 Å². The minimum absolute atomic E-state index is 0.0834. The van der Waals surface area contributed by atoms with Gasteiger partial charge in [0.15, 0.2) is 0 Å². The predicted octanol–water partition coefficient (Wildman–Crippen LogP) is 2.25. The maximum Gasteiger partial charge on any atom is 0.255 e. The van der Waals surface area contributed by atoms with Crippen LogP contribution in [0.2, 0.25) is 0 Å². The summed E-state index contributed by atoms with van der Waals surface area (Å²) in [6.45, 7) is 1.64. The number of carbonyl (C=O) groups is 1. The Morgan fingerprint density at radius 3 is 2.70 bits per heavy atom. The summed E-state index contributed by atoms with van der Waals surface area (Å²) in [5, 5.41) is 0. The summed E-state index contributed by atoms with van der Waals surface area (Å²) in [5.74, 6) is 1.47. The molecule has 5 heteroatoms. The fourth-order valence-corrected chi connectivity index (χ4v) is 3.00. The standard InChI is InChI=1S/C18H22N4O/c1-21(2)17-4-3-16(12-20-17)18(23)22-10-7-15(13-22)11-14-5-8-19-9-6-14/h3-6,8-9,12,15H,7,10-11,13H2,1-2H3. The lowest BCUT2D eigenvalue weighted by Crippen LogP contribution is -2.29. The van der Waals surface area contributed by atoms with Gasteiger partial charge in [-0.25, -0.2) is 4.98 Å². The van der Waals surface area contributed by atoms with E-state index in [-0.39, 0.29) is 5.91 Å². The average Bonchev–Trinajstić information content (AvgIpc) is 3.03. The minimum Gasteiger partial charge on any atom is -0.363 e. The molecule has 1 atom stereocenters. The smallest absolute Gasteiger partial charge is 0.255 e. The molecule has 23 heavy (non-hydrogen) atoms. The summed E-state index contributed by atoms with van der Waals surface area (Å²) in [4.78, 5) is 24.8. The number of carbonyl (C=O) groups excluding carboxylic acids is 1. The van der Waals surface area contributed by atoms with Crippen LogP contribution < -0.4 is 4.90 Å². The summed E-state index contributed by atoms with van der Waals surface area (Å²) in [7, 11) is 3.88. The Balaban J connectivity index is 1.61. The monoisotopic (exact) mass is 310 g/mol. The molecule has 3 rings (SSSR count). The van der Waals surface area contributed by atoms with Crippen LogP contribution in [0.15, 0.2) is 42.9 Å². The van der Waals surface area contributed by atoms with Gasteiger partial charge in [0.05, 0.1) is 5.56 Å². The molecule has 1 aliphatic rings. The lowest BCUT2D eigenvalue weighted by atomic mass is 10.00. The Bertz CT molecular complexity index is 654. The van der Waals surface area contributed by atoms with Crippen LogP contribution in [-0.4, -0.2) is 48.0 Å². The van der Waals surface area contributed by atoms with E-state index < -0.39 is 0 Å². The molecule has 5 nitrogen and oxygen atoms in total. The number of anilines is 1. The van der Waals surface area contributed by atoms with E-state index in [0.717, 1.165) is 31.7 Å². The number of pyridine rings is 2. The zero-order valence-electron chi connectivity index (χ0n) is 13.6. The molecule has 0 saturated carbocycles. The number of aromatic nitrogens is 2. The molecule has 0 bridgehead atoms. The first kappa shape index (κ1) is 15.5. The Morgan fingerprint density at radius 1 is 1.26 bits per heavy atom. The predicted molar refractivity (Wildman–Crippen MR) is 90.5 cm³/mol. The summed E-state index contributed by atoms with van der Waals surface area (Å²) in [6.07, 6.45) is 7.38. The molecule has 120 valence electrons. The summed E-state index contributed by atoms with van der Waals surface area (Å²) in [5.41, 5.74) is 1.96. The molecular formula is C18H22N4O. The van der Waals surface area contributed by atoms with Crippen LogP contribution in [0, 0.1) is 5.92 Å². The molecule has 0 N–H and O–H groups in total. The lowest BCUT2D eigenvalue weighted by Gasteiger charge is -2.17. The molecule has 3 heterocycles. The molecule has 0 aliphatic carbocycles. The zero-order chi connectivity index (χ0) is 16.2. The van der Waals surface area contributed by atoms with Crippen molar-refractivity contribution in [3.05, 3.63) is 54.0 Å². The third-order valence-electron chi connectivity index (χ3n) is 4.30. The molecule has 2 aromatic heterocycles. The van der Waals surface area contributed by atoms with Gasteiger partial charge in [0.25, 0.3) is 5.91 Å². The van der Waals surface area contributed by atoms with Crippen molar-refractivity contribution in [2.45, 2.75) is 12.8 Å². The van der Waals surface area contributed by atoms with Crippen LogP contribution in [0.4, 0.5) is 5.82 Å². The largest absolute Gasteiger partial charge is 0.363 e. The first-order valence-electron chi connectivity index (χ1n) is 7.95. The molecule has 2 aromatic rings. The molecule has 0 aromatic carbocycles. The van der Waals surface area contributed by atoms with Gasteiger partial charge in [-0.1, -0.05) is 0 Å². The zero-order valence-corrected chi connectivity index (χ0v) is 13.6. The number of amides is 1. The van der Waals surface area contributed by atoms with E-state index in [2.05, 4.69) is 9.97 Å². The molecule has 1 saturated heterocycles. The Morgan fingerprint density at radius 2 is 2.04 bits per heavy atom. The van der Waals surface area contributed by atoms with E-state index in [9.17, 15) is 4.79 Å². The number of hydrogen-bond donors (Lipinski definition) is 0. The first-order chi connectivity index (χ1) is 11.1. The van der Waals surface area contributed by atoms with Crippen LogP contribution in [0.25, 0.3) is 0 Å². The third kappa shape index (κ3) is 3.67. The second-order valence-electron chi connectivity index (χ2n) is 6.26. The van der Waals surface area contributed by atoms with Crippen molar-refractivity contribution in [1.29, 1.82) is 0 Å². The van der Waals surface area contributed by atoms with Crippen molar-refractivity contribution < 1.29 is 4.79 Å². The number of hydrogen-bond acceptors (Lipinski definition) is 4. The maximum atomic E-state index is 12.6. The van der Waals surface area contributed by atoms with Crippen molar-refractivity contribution in [2.24, 2.45) is 5.92 Å². The summed E-state index contributed by atoms with van der Waals surface area (Å²) >= 11 is 0. The van der Waals surface area contributed by atoms with Crippen molar-refractivity contribution in [3.63, 3.8) is 0 Å². The van der Waals surface area contributed by atoms with Crippen molar-refractivity contribution in [2.75, 3.05) is 32.1 Å². The number of rotatable bonds is 4. The highest BCUT2D eigenvalue weighted by molar-refractivity contribution is 5.94. The Kier molecular flexibility index (Phi) is 4.55. The Labute approximate surface area is 137 Å². The average molecular weight is 310 g/mol. The molecule has 0 radical (unpaired) electrons. The Hall–Kier alpha value is -2.43. The second-order valence-corrected chi connectivity index (χ2v) is 6.26. The van der Waals surface area contributed by atoms with E-state index in [0.29, 0.717) is 11.5 Å². The van der Waals surface area contributed by atoms with Gasteiger partial charge in [0.1, 0.15) is 5.82 Å². The highest BCUT2D eigenvalue weighted by Gasteiger charge is 2.27. The van der Waals surface area contributed by atoms with Gasteiger partial charge >= 0.3 is 0 Å². The molecule has 1 amide bonds. The molecule has 0 spiro atoms. The molecule has 1 unspecified atom stereocenters. The van der Waals surface area contributed by atoms with Crippen LogP contribution >= 0.6 is 0 Å². The molecule has 1 fully saturated rings.